The molecule has 19 heavy (non-hydrogen) atoms. The standard InChI is InChI=1S/C12H21N5O2/c1-4-10-11(17(18)19)12(16(3)14-10)15(2)9-6-5-7-13-8-9/h9,13H,4-8H2,1-3H3. The first-order chi connectivity index (χ1) is 9.06. The molecule has 0 spiro atoms. The van der Waals surface area contributed by atoms with Crippen LogP contribution < -0.4 is 10.2 Å². The third kappa shape index (κ3) is 2.56. The van der Waals surface area contributed by atoms with E-state index in [4.69, 9.17) is 0 Å². The first-order valence-corrected chi connectivity index (χ1v) is 6.70. The number of hydrogen-bond donors (Lipinski definition) is 1. The Hall–Kier alpha value is -1.63. The zero-order valence-electron chi connectivity index (χ0n) is 11.7. The number of nitrogens with one attached hydrogen (secondary N) is 1. The van der Waals surface area contributed by atoms with Crippen molar-refractivity contribution in [1.82, 2.24) is 15.1 Å². The van der Waals surface area contributed by atoms with Crippen molar-refractivity contribution >= 4 is 11.5 Å². The van der Waals surface area contributed by atoms with Crippen molar-refractivity contribution in [1.29, 1.82) is 0 Å². The third-order valence-corrected chi connectivity index (χ3v) is 3.73. The first-order valence-electron chi connectivity index (χ1n) is 6.70. The van der Waals surface area contributed by atoms with E-state index < -0.39 is 0 Å². The average Bonchev–Trinajstić information content (AvgIpc) is 2.76. The second kappa shape index (κ2) is 5.56. The quantitative estimate of drug-likeness (QED) is 0.652. The number of nitro groups is 1. The number of aryl methyl sites for hydroxylation is 2. The normalized spacial score (nSPS) is 19.4. The van der Waals surface area contributed by atoms with Gasteiger partial charge in [0.15, 0.2) is 0 Å². The molecule has 2 heterocycles. The van der Waals surface area contributed by atoms with Crippen LogP contribution in [0, 0.1) is 10.1 Å². The highest BCUT2D eigenvalue weighted by Gasteiger charge is 2.31. The Kier molecular flexibility index (Phi) is 4.04. The fourth-order valence-electron chi connectivity index (χ4n) is 2.72. The lowest BCUT2D eigenvalue weighted by molar-refractivity contribution is -0.384. The van der Waals surface area contributed by atoms with Gasteiger partial charge in [-0.15, -0.1) is 0 Å². The minimum absolute atomic E-state index is 0.151. The molecule has 106 valence electrons. The van der Waals surface area contributed by atoms with Gasteiger partial charge in [-0.2, -0.15) is 5.10 Å². The molecule has 1 atom stereocenters. The van der Waals surface area contributed by atoms with Gasteiger partial charge in [0.2, 0.25) is 5.82 Å². The summed E-state index contributed by atoms with van der Waals surface area (Å²) in [6.45, 7) is 3.78. The molecule has 1 fully saturated rings. The van der Waals surface area contributed by atoms with Crippen LogP contribution in [0.3, 0.4) is 0 Å². The molecule has 1 aliphatic heterocycles. The Balaban J connectivity index is 2.36. The van der Waals surface area contributed by atoms with E-state index in [1.54, 1.807) is 11.7 Å². The number of rotatable bonds is 4. The van der Waals surface area contributed by atoms with Gasteiger partial charge in [-0.05, 0) is 25.8 Å². The lowest BCUT2D eigenvalue weighted by Crippen LogP contribution is -2.45. The molecule has 1 saturated heterocycles. The summed E-state index contributed by atoms with van der Waals surface area (Å²) in [5.74, 6) is 0.607. The van der Waals surface area contributed by atoms with E-state index in [-0.39, 0.29) is 16.7 Å². The van der Waals surface area contributed by atoms with E-state index in [1.807, 2.05) is 18.9 Å². The number of likely N-dealkylation sites (N-methyl/N-ethyl adjacent to an activating group) is 1. The highest BCUT2D eigenvalue weighted by atomic mass is 16.6. The van der Waals surface area contributed by atoms with E-state index in [9.17, 15) is 10.1 Å². The number of piperidine rings is 1. The van der Waals surface area contributed by atoms with Crippen LogP contribution in [0.1, 0.15) is 25.5 Å². The number of aromatic nitrogens is 2. The van der Waals surface area contributed by atoms with Crippen LogP contribution in [0.15, 0.2) is 0 Å². The van der Waals surface area contributed by atoms with E-state index in [0.717, 1.165) is 25.9 Å². The second-order valence-corrected chi connectivity index (χ2v) is 4.96. The molecule has 7 heteroatoms. The SMILES string of the molecule is CCc1nn(C)c(N(C)C2CCCNC2)c1[N+](=O)[O-]. The summed E-state index contributed by atoms with van der Waals surface area (Å²) >= 11 is 0. The van der Waals surface area contributed by atoms with Crippen LogP contribution in [-0.2, 0) is 13.5 Å². The molecule has 1 unspecified atom stereocenters. The van der Waals surface area contributed by atoms with Crippen LogP contribution in [0.2, 0.25) is 0 Å². The van der Waals surface area contributed by atoms with Crippen molar-refractivity contribution < 1.29 is 4.92 Å². The maximum absolute atomic E-state index is 11.3. The van der Waals surface area contributed by atoms with Gasteiger partial charge in [-0.3, -0.25) is 10.1 Å². The van der Waals surface area contributed by atoms with Gasteiger partial charge in [-0.1, -0.05) is 6.92 Å². The first kappa shape index (κ1) is 13.8. The van der Waals surface area contributed by atoms with Crippen molar-refractivity contribution in [2.45, 2.75) is 32.2 Å². The number of nitrogens with zero attached hydrogens (tertiary/aromatic N) is 4. The van der Waals surface area contributed by atoms with E-state index in [1.165, 1.54) is 0 Å². The van der Waals surface area contributed by atoms with Crippen LogP contribution in [0.25, 0.3) is 0 Å². The Morgan fingerprint density at radius 1 is 1.63 bits per heavy atom. The predicted octanol–water partition coefficient (Wildman–Crippen LogP) is 1.08. The van der Waals surface area contributed by atoms with Crippen LogP contribution in [-0.4, -0.2) is 40.9 Å². The average molecular weight is 267 g/mol. The molecule has 0 aromatic carbocycles. The van der Waals surface area contributed by atoms with Crippen molar-refractivity contribution in [3.63, 3.8) is 0 Å². The Labute approximate surface area is 112 Å². The molecule has 7 nitrogen and oxygen atoms in total. The summed E-state index contributed by atoms with van der Waals surface area (Å²) in [5.41, 5.74) is 0.705. The Morgan fingerprint density at radius 2 is 2.37 bits per heavy atom. The van der Waals surface area contributed by atoms with Gasteiger partial charge in [0, 0.05) is 26.7 Å². The van der Waals surface area contributed by atoms with Crippen molar-refractivity contribution in [3.8, 4) is 0 Å². The van der Waals surface area contributed by atoms with Gasteiger partial charge in [0.1, 0.15) is 5.69 Å². The molecule has 0 bridgehead atoms. The molecule has 0 aliphatic carbocycles. The largest absolute Gasteiger partial charge is 0.350 e. The summed E-state index contributed by atoms with van der Waals surface area (Å²) in [7, 11) is 3.69. The lowest BCUT2D eigenvalue weighted by atomic mass is 10.1. The molecule has 1 aromatic heterocycles. The summed E-state index contributed by atoms with van der Waals surface area (Å²) in [6.07, 6.45) is 2.72. The fraction of sp³-hybridized carbons (Fsp3) is 0.750. The van der Waals surface area contributed by atoms with E-state index >= 15 is 0 Å². The van der Waals surface area contributed by atoms with Crippen molar-refractivity contribution in [3.05, 3.63) is 15.8 Å². The van der Waals surface area contributed by atoms with Crippen molar-refractivity contribution in [2.75, 3.05) is 25.0 Å². The van der Waals surface area contributed by atoms with Crippen molar-refractivity contribution in [2.24, 2.45) is 7.05 Å². The fourth-order valence-corrected chi connectivity index (χ4v) is 2.72. The Morgan fingerprint density at radius 3 is 2.89 bits per heavy atom. The second-order valence-electron chi connectivity index (χ2n) is 4.96. The van der Waals surface area contributed by atoms with E-state index in [0.29, 0.717) is 17.9 Å². The molecule has 0 amide bonds. The minimum Gasteiger partial charge on any atom is -0.350 e. The summed E-state index contributed by atoms with van der Waals surface area (Å²) in [4.78, 5) is 13.0. The zero-order valence-corrected chi connectivity index (χ0v) is 11.7. The Bertz CT molecular complexity index is 465. The molecule has 2 rings (SSSR count). The number of hydrogen-bond acceptors (Lipinski definition) is 5. The lowest BCUT2D eigenvalue weighted by Gasteiger charge is -2.32. The maximum atomic E-state index is 11.3. The molecule has 1 N–H and O–H groups in total. The van der Waals surface area contributed by atoms with E-state index in [2.05, 4.69) is 10.4 Å². The predicted molar refractivity (Wildman–Crippen MR) is 73.5 cm³/mol. The minimum atomic E-state index is -0.312. The molecule has 1 aliphatic rings. The van der Waals surface area contributed by atoms with Gasteiger partial charge in [0.25, 0.3) is 0 Å². The summed E-state index contributed by atoms with van der Waals surface area (Å²) in [6, 6.07) is 0.285. The van der Waals surface area contributed by atoms with Gasteiger partial charge in [-0.25, -0.2) is 4.68 Å². The molecule has 0 saturated carbocycles. The molecule has 0 radical (unpaired) electrons. The van der Waals surface area contributed by atoms with Gasteiger partial charge in [0.05, 0.1) is 4.92 Å². The van der Waals surface area contributed by atoms with Gasteiger partial charge < -0.3 is 10.2 Å². The monoisotopic (exact) mass is 267 g/mol. The third-order valence-electron chi connectivity index (χ3n) is 3.73. The summed E-state index contributed by atoms with van der Waals surface area (Å²) < 4.78 is 1.63. The van der Waals surface area contributed by atoms with Crippen LogP contribution in [0.4, 0.5) is 11.5 Å². The van der Waals surface area contributed by atoms with Crippen LogP contribution >= 0.6 is 0 Å². The highest BCUT2D eigenvalue weighted by Crippen LogP contribution is 2.32. The zero-order chi connectivity index (χ0) is 14.0. The number of anilines is 1. The van der Waals surface area contributed by atoms with Gasteiger partial charge >= 0.3 is 5.69 Å². The maximum Gasteiger partial charge on any atom is 0.334 e. The smallest absolute Gasteiger partial charge is 0.334 e. The molecular formula is C12H21N5O2. The topological polar surface area (TPSA) is 76.2 Å². The molecular weight excluding hydrogens is 246 g/mol. The molecule has 1 aromatic rings. The summed E-state index contributed by atoms with van der Waals surface area (Å²) in [5, 5.41) is 18.9. The van der Waals surface area contributed by atoms with Crippen LogP contribution in [0.5, 0.6) is 0 Å². The highest BCUT2D eigenvalue weighted by molar-refractivity contribution is 5.61.